The number of rotatable bonds is 4. The molecule has 20 heavy (non-hydrogen) atoms. The van der Waals surface area contributed by atoms with Gasteiger partial charge in [-0.1, -0.05) is 27.7 Å². The Morgan fingerprint density at radius 1 is 1.35 bits per heavy atom. The van der Waals surface area contributed by atoms with Crippen molar-refractivity contribution in [2.75, 3.05) is 6.54 Å². The average molecular weight is 358 g/mol. The van der Waals surface area contributed by atoms with Crippen LogP contribution in [-0.4, -0.2) is 12.6 Å². The normalized spacial score (nSPS) is 27.8. The van der Waals surface area contributed by atoms with Crippen LogP contribution in [0.3, 0.4) is 0 Å². The van der Waals surface area contributed by atoms with Crippen LogP contribution in [0.5, 0.6) is 0 Å². The molecule has 1 aromatic heterocycles. The van der Waals surface area contributed by atoms with E-state index in [1.165, 1.54) is 35.0 Å². The van der Waals surface area contributed by atoms with E-state index < -0.39 is 0 Å². The van der Waals surface area contributed by atoms with Crippen LogP contribution in [0.1, 0.15) is 51.8 Å². The highest BCUT2D eigenvalue weighted by Crippen LogP contribution is 2.42. The molecule has 114 valence electrons. The van der Waals surface area contributed by atoms with Gasteiger partial charge in [-0.15, -0.1) is 11.3 Å². The number of thiophene rings is 1. The second kappa shape index (κ2) is 6.93. The van der Waals surface area contributed by atoms with Crippen molar-refractivity contribution in [2.24, 2.45) is 17.3 Å². The Morgan fingerprint density at radius 3 is 2.65 bits per heavy atom. The number of halogens is 1. The Kier molecular flexibility index (Phi) is 5.72. The smallest absolute Gasteiger partial charge is 0.0314 e. The fourth-order valence-corrected chi connectivity index (χ4v) is 5.12. The van der Waals surface area contributed by atoms with Crippen LogP contribution in [0.15, 0.2) is 15.9 Å². The van der Waals surface area contributed by atoms with Gasteiger partial charge in [0.2, 0.25) is 0 Å². The summed E-state index contributed by atoms with van der Waals surface area (Å²) in [5, 5.41) is 5.93. The van der Waals surface area contributed by atoms with Gasteiger partial charge in [0.1, 0.15) is 0 Å². The molecule has 0 radical (unpaired) electrons. The largest absolute Gasteiger partial charge is 0.314 e. The predicted molar refractivity (Wildman–Crippen MR) is 93.5 cm³/mol. The van der Waals surface area contributed by atoms with Gasteiger partial charge in [-0.25, -0.2) is 0 Å². The van der Waals surface area contributed by atoms with Crippen LogP contribution < -0.4 is 5.32 Å². The zero-order chi connectivity index (χ0) is 14.8. The van der Waals surface area contributed by atoms with Gasteiger partial charge in [-0.2, -0.15) is 0 Å². The molecule has 0 saturated heterocycles. The Hall–Kier alpha value is 0.140. The van der Waals surface area contributed by atoms with Crippen LogP contribution in [0, 0.1) is 17.3 Å². The van der Waals surface area contributed by atoms with Crippen LogP contribution in [0.4, 0.5) is 0 Å². The molecule has 1 nitrogen and oxygen atoms in total. The summed E-state index contributed by atoms with van der Waals surface area (Å²) in [7, 11) is 0. The van der Waals surface area contributed by atoms with E-state index in [9.17, 15) is 0 Å². The third kappa shape index (κ3) is 4.08. The molecule has 2 rings (SSSR count). The van der Waals surface area contributed by atoms with Crippen molar-refractivity contribution in [1.82, 2.24) is 5.32 Å². The lowest BCUT2D eigenvalue weighted by Gasteiger charge is -2.42. The molecule has 1 heterocycles. The highest BCUT2D eigenvalue weighted by molar-refractivity contribution is 9.10. The first-order chi connectivity index (χ1) is 9.41. The molecule has 1 aliphatic rings. The lowest BCUT2D eigenvalue weighted by atomic mass is 9.66. The zero-order valence-corrected chi connectivity index (χ0v) is 15.6. The minimum atomic E-state index is 0.447. The molecular formula is C17H28BrNS. The standard InChI is InChI=1S/C17H28BrNS/c1-5-19-15-7-6-13(17(2,3)4)10-12(15)11-16-14(18)8-9-20-16/h8-9,12-13,15,19H,5-7,10-11H2,1-4H3. The SMILES string of the molecule is CCNC1CCC(C(C)(C)C)CC1Cc1sccc1Br. The first kappa shape index (κ1) is 16.5. The lowest BCUT2D eigenvalue weighted by molar-refractivity contribution is 0.115. The van der Waals surface area contributed by atoms with E-state index in [4.69, 9.17) is 0 Å². The van der Waals surface area contributed by atoms with E-state index >= 15 is 0 Å². The molecule has 1 N–H and O–H groups in total. The summed E-state index contributed by atoms with van der Waals surface area (Å²) in [5.41, 5.74) is 0.447. The van der Waals surface area contributed by atoms with Crippen molar-refractivity contribution >= 4 is 27.3 Å². The van der Waals surface area contributed by atoms with Crippen molar-refractivity contribution in [2.45, 2.75) is 59.4 Å². The molecule has 0 bridgehead atoms. The Labute approximate surface area is 136 Å². The zero-order valence-electron chi connectivity index (χ0n) is 13.2. The summed E-state index contributed by atoms with van der Waals surface area (Å²) in [4.78, 5) is 1.52. The van der Waals surface area contributed by atoms with Gasteiger partial charge in [-0.05, 0) is 76.9 Å². The number of hydrogen-bond acceptors (Lipinski definition) is 2. The summed E-state index contributed by atoms with van der Waals surface area (Å²) < 4.78 is 1.30. The summed E-state index contributed by atoms with van der Waals surface area (Å²) in [6, 6.07) is 2.89. The second-order valence-electron chi connectivity index (χ2n) is 7.20. The highest BCUT2D eigenvalue weighted by Gasteiger charge is 2.35. The lowest BCUT2D eigenvalue weighted by Crippen LogP contribution is -2.43. The van der Waals surface area contributed by atoms with Gasteiger partial charge in [0.15, 0.2) is 0 Å². The number of hydrogen-bond donors (Lipinski definition) is 1. The van der Waals surface area contributed by atoms with Gasteiger partial charge >= 0.3 is 0 Å². The van der Waals surface area contributed by atoms with Gasteiger partial charge in [-0.3, -0.25) is 0 Å². The third-order valence-corrected chi connectivity index (χ3v) is 6.76. The average Bonchev–Trinajstić information content (AvgIpc) is 2.76. The second-order valence-corrected chi connectivity index (χ2v) is 9.05. The van der Waals surface area contributed by atoms with E-state index in [2.05, 4.69) is 60.4 Å². The molecule has 0 aliphatic heterocycles. The van der Waals surface area contributed by atoms with E-state index in [0.717, 1.165) is 18.4 Å². The van der Waals surface area contributed by atoms with Crippen LogP contribution in [-0.2, 0) is 6.42 Å². The van der Waals surface area contributed by atoms with Gasteiger partial charge < -0.3 is 5.32 Å². The van der Waals surface area contributed by atoms with Gasteiger partial charge in [0.25, 0.3) is 0 Å². The highest BCUT2D eigenvalue weighted by atomic mass is 79.9. The molecule has 3 unspecified atom stereocenters. The van der Waals surface area contributed by atoms with Crippen molar-refractivity contribution < 1.29 is 0 Å². The molecule has 0 aromatic carbocycles. The maximum Gasteiger partial charge on any atom is 0.0314 e. The summed E-state index contributed by atoms with van der Waals surface area (Å²) in [6.07, 6.45) is 5.31. The maximum absolute atomic E-state index is 3.73. The minimum Gasteiger partial charge on any atom is -0.314 e. The molecule has 0 spiro atoms. The molecule has 3 atom stereocenters. The Balaban J connectivity index is 2.08. The maximum atomic E-state index is 3.73. The first-order valence-corrected chi connectivity index (χ1v) is 9.54. The van der Waals surface area contributed by atoms with Gasteiger partial charge in [0.05, 0.1) is 0 Å². The van der Waals surface area contributed by atoms with Crippen molar-refractivity contribution in [1.29, 1.82) is 0 Å². The van der Waals surface area contributed by atoms with Crippen LogP contribution in [0.2, 0.25) is 0 Å². The molecule has 1 aromatic rings. The molecule has 1 saturated carbocycles. The van der Waals surface area contributed by atoms with E-state index in [1.54, 1.807) is 0 Å². The summed E-state index contributed by atoms with van der Waals surface area (Å²) in [5.74, 6) is 1.64. The third-order valence-electron chi connectivity index (χ3n) is 4.81. The first-order valence-electron chi connectivity index (χ1n) is 7.87. The minimum absolute atomic E-state index is 0.447. The van der Waals surface area contributed by atoms with Crippen LogP contribution >= 0.6 is 27.3 Å². The summed E-state index contributed by atoms with van der Waals surface area (Å²) >= 11 is 5.59. The molecule has 0 amide bonds. The fraction of sp³-hybridized carbons (Fsp3) is 0.765. The number of nitrogens with one attached hydrogen (secondary N) is 1. The van der Waals surface area contributed by atoms with Crippen molar-refractivity contribution in [3.8, 4) is 0 Å². The van der Waals surface area contributed by atoms with E-state index in [1.807, 2.05) is 11.3 Å². The predicted octanol–water partition coefficient (Wildman–Crippen LogP) is 5.49. The fourth-order valence-electron chi connectivity index (χ4n) is 3.52. The van der Waals surface area contributed by atoms with E-state index in [-0.39, 0.29) is 0 Å². The molecule has 3 heteroatoms. The molecule has 1 fully saturated rings. The topological polar surface area (TPSA) is 12.0 Å². The van der Waals surface area contributed by atoms with Crippen LogP contribution in [0.25, 0.3) is 0 Å². The quantitative estimate of drug-likeness (QED) is 0.750. The summed E-state index contributed by atoms with van der Waals surface area (Å²) in [6.45, 7) is 10.5. The Morgan fingerprint density at radius 2 is 2.10 bits per heavy atom. The van der Waals surface area contributed by atoms with E-state index in [0.29, 0.717) is 11.5 Å². The molecular weight excluding hydrogens is 330 g/mol. The monoisotopic (exact) mass is 357 g/mol. The Bertz CT molecular complexity index is 421. The van der Waals surface area contributed by atoms with Gasteiger partial charge in [0, 0.05) is 15.4 Å². The van der Waals surface area contributed by atoms with Crippen molar-refractivity contribution in [3.05, 3.63) is 20.8 Å². The molecule has 1 aliphatic carbocycles. The van der Waals surface area contributed by atoms with Crippen molar-refractivity contribution in [3.63, 3.8) is 0 Å².